The average molecular weight is 216 g/mol. The quantitative estimate of drug-likeness (QED) is 0.674. The van der Waals surface area contributed by atoms with E-state index in [4.69, 9.17) is 9.47 Å². The van der Waals surface area contributed by atoms with Gasteiger partial charge in [0.2, 0.25) is 0 Å². The molecule has 1 heterocycles. The Morgan fingerprint density at radius 3 is 2.75 bits per heavy atom. The van der Waals surface area contributed by atoms with Crippen LogP contribution in [0.25, 0.3) is 0 Å². The average Bonchev–Trinajstić information content (AvgIpc) is 2.78. The van der Waals surface area contributed by atoms with Gasteiger partial charge in [-0.3, -0.25) is 0 Å². The first-order valence-electron chi connectivity index (χ1n) is 5.38. The highest BCUT2D eigenvalue weighted by molar-refractivity contribution is 5.56. The first-order valence-corrected chi connectivity index (χ1v) is 5.38. The molecule has 1 spiro atoms. The van der Waals surface area contributed by atoms with Crippen molar-refractivity contribution in [2.75, 3.05) is 0 Å². The van der Waals surface area contributed by atoms with Crippen molar-refractivity contribution in [1.29, 1.82) is 0 Å². The number of benzene rings is 1. The highest BCUT2D eigenvalue weighted by Crippen LogP contribution is 2.43. The van der Waals surface area contributed by atoms with E-state index in [1.54, 1.807) is 12.5 Å². The number of carbonyl (C=O) groups is 1. The fourth-order valence-corrected chi connectivity index (χ4v) is 2.50. The Morgan fingerprint density at radius 1 is 1.25 bits per heavy atom. The van der Waals surface area contributed by atoms with E-state index in [9.17, 15) is 4.79 Å². The van der Waals surface area contributed by atoms with E-state index >= 15 is 0 Å². The van der Waals surface area contributed by atoms with E-state index in [0.29, 0.717) is 6.42 Å². The molecule has 3 rings (SSSR count). The number of aldehydes is 1. The van der Waals surface area contributed by atoms with Crippen molar-refractivity contribution >= 4 is 6.29 Å². The Balaban J connectivity index is 2.09. The minimum atomic E-state index is -0.763. The van der Waals surface area contributed by atoms with E-state index in [0.717, 1.165) is 23.8 Å². The monoisotopic (exact) mass is 216 g/mol. The standard InChI is InChI=1S/C13H12O3/c14-9-10-7-11-3-1-2-4-12(11)13(8-10)15-5-6-16-13/h1-6,9-10H,7-8H2/t10-/m1/s1. The molecule has 3 heteroatoms. The van der Waals surface area contributed by atoms with Crippen LogP contribution in [0, 0.1) is 5.92 Å². The van der Waals surface area contributed by atoms with Crippen LogP contribution in [0.4, 0.5) is 0 Å². The zero-order valence-electron chi connectivity index (χ0n) is 8.76. The zero-order valence-corrected chi connectivity index (χ0v) is 8.76. The second-order valence-corrected chi connectivity index (χ2v) is 4.22. The number of fused-ring (bicyclic) bond motifs is 2. The summed E-state index contributed by atoms with van der Waals surface area (Å²) in [5, 5.41) is 0. The maximum atomic E-state index is 11.0. The largest absolute Gasteiger partial charge is 0.453 e. The molecular formula is C13H12O3. The molecule has 0 amide bonds. The Kier molecular flexibility index (Phi) is 1.99. The fraction of sp³-hybridized carbons (Fsp3) is 0.308. The number of rotatable bonds is 1. The van der Waals surface area contributed by atoms with E-state index < -0.39 is 5.79 Å². The molecule has 0 radical (unpaired) electrons. The summed E-state index contributed by atoms with van der Waals surface area (Å²) in [4.78, 5) is 11.0. The van der Waals surface area contributed by atoms with Gasteiger partial charge in [-0.1, -0.05) is 24.3 Å². The van der Waals surface area contributed by atoms with Crippen LogP contribution in [-0.2, 0) is 26.5 Å². The smallest absolute Gasteiger partial charge is 0.277 e. The maximum Gasteiger partial charge on any atom is 0.277 e. The maximum absolute atomic E-state index is 11.0. The molecule has 0 N–H and O–H groups in total. The van der Waals surface area contributed by atoms with Gasteiger partial charge in [0.15, 0.2) is 0 Å². The van der Waals surface area contributed by atoms with Crippen LogP contribution in [0.15, 0.2) is 36.8 Å². The summed E-state index contributed by atoms with van der Waals surface area (Å²) < 4.78 is 11.2. The van der Waals surface area contributed by atoms with Crippen LogP contribution in [0.1, 0.15) is 17.5 Å². The SMILES string of the molecule is O=C[C@@H]1Cc2ccccc2C2(C1)OC=CO2. The molecule has 3 nitrogen and oxygen atoms in total. The number of ether oxygens (including phenoxy) is 2. The van der Waals surface area contributed by atoms with Crippen molar-refractivity contribution in [2.45, 2.75) is 18.6 Å². The van der Waals surface area contributed by atoms with Gasteiger partial charge < -0.3 is 14.3 Å². The summed E-state index contributed by atoms with van der Waals surface area (Å²) in [6.45, 7) is 0. The molecule has 82 valence electrons. The summed E-state index contributed by atoms with van der Waals surface area (Å²) in [6, 6.07) is 7.97. The lowest BCUT2D eigenvalue weighted by atomic mass is 9.80. The second kappa shape index (κ2) is 3.37. The predicted molar refractivity (Wildman–Crippen MR) is 57.3 cm³/mol. The first kappa shape index (κ1) is 9.46. The van der Waals surface area contributed by atoms with Gasteiger partial charge in [0.1, 0.15) is 18.8 Å². The third-order valence-corrected chi connectivity index (χ3v) is 3.21. The third kappa shape index (κ3) is 1.24. The highest BCUT2D eigenvalue weighted by Gasteiger charge is 2.45. The van der Waals surface area contributed by atoms with Crippen molar-refractivity contribution in [1.82, 2.24) is 0 Å². The summed E-state index contributed by atoms with van der Waals surface area (Å²) >= 11 is 0. The Hall–Kier alpha value is -1.77. The molecule has 0 saturated carbocycles. The topological polar surface area (TPSA) is 35.5 Å². The van der Waals surface area contributed by atoms with Crippen LogP contribution in [0.3, 0.4) is 0 Å². The molecule has 0 bridgehead atoms. The van der Waals surface area contributed by atoms with Crippen molar-refractivity contribution in [3.63, 3.8) is 0 Å². The van der Waals surface area contributed by atoms with Gasteiger partial charge in [0.05, 0.1) is 0 Å². The van der Waals surface area contributed by atoms with Crippen LogP contribution < -0.4 is 0 Å². The van der Waals surface area contributed by atoms with E-state index in [1.807, 2.05) is 24.3 Å². The Bertz CT molecular complexity index is 442. The van der Waals surface area contributed by atoms with Crippen molar-refractivity contribution in [2.24, 2.45) is 5.92 Å². The third-order valence-electron chi connectivity index (χ3n) is 3.21. The van der Waals surface area contributed by atoms with Crippen molar-refractivity contribution in [3.05, 3.63) is 47.9 Å². The highest BCUT2D eigenvalue weighted by atomic mass is 16.7. The lowest BCUT2D eigenvalue weighted by molar-refractivity contribution is -0.170. The van der Waals surface area contributed by atoms with Gasteiger partial charge >= 0.3 is 0 Å². The van der Waals surface area contributed by atoms with Crippen LogP contribution in [0.2, 0.25) is 0 Å². The molecule has 1 atom stereocenters. The molecule has 0 aromatic heterocycles. The van der Waals surface area contributed by atoms with Crippen LogP contribution >= 0.6 is 0 Å². The summed E-state index contributed by atoms with van der Waals surface area (Å²) in [6.07, 6.45) is 5.44. The lowest BCUT2D eigenvalue weighted by Gasteiger charge is -2.35. The molecule has 0 fully saturated rings. The van der Waals surface area contributed by atoms with Crippen LogP contribution in [0.5, 0.6) is 0 Å². The minimum Gasteiger partial charge on any atom is -0.453 e. The van der Waals surface area contributed by atoms with Crippen molar-refractivity contribution in [3.8, 4) is 0 Å². The van der Waals surface area contributed by atoms with Gasteiger partial charge in [0, 0.05) is 17.9 Å². The van der Waals surface area contributed by atoms with E-state index in [-0.39, 0.29) is 5.92 Å². The van der Waals surface area contributed by atoms with Gasteiger partial charge in [-0.05, 0) is 12.0 Å². The molecule has 1 aromatic carbocycles. The van der Waals surface area contributed by atoms with Gasteiger partial charge in [-0.25, -0.2) is 0 Å². The molecule has 1 aliphatic carbocycles. The second-order valence-electron chi connectivity index (χ2n) is 4.22. The van der Waals surface area contributed by atoms with E-state index in [2.05, 4.69) is 0 Å². The Morgan fingerprint density at radius 2 is 2.00 bits per heavy atom. The Labute approximate surface area is 93.7 Å². The lowest BCUT2D eigenvalue weighted by Crippen LogP contribution is -2.36. The first-order chi connectivity index (χ1) is 7.84. The van der Waals surface area contributed by atoms with Crippen LogP contribution in [-0.4, -0.2) is 6.29 Å². The molecule has 2 aliphatic rings. The zero-order chi connectivity index (χ0) is 11.0. The van der Waals surface area contributed by atoms with Gasteiger partial charge in [0.25, 0.3) is 5.79 Å². The molecule has 0 saturated heterocycles. The number of carbonyl (C=O) groups excluding carboxylic acids is 1. The minimum absolute atomic E-state index is 0.0326. The molecule has 1 aromatic rings. The summed E-state index contributed by atoms with van der Waals surface area (Å²) in [7, 11) is 0. The van der Waals surface area contributed by atoms with Crippen molar-refractivity contribution < 1.29 is 14.3 Å². The number of hydrogen-bond donors (Lipinski definition) is 0. The van der Waals surface area contributed by atoms with Gasteiger partial charge in [-0.15, -0.1) is 0 Å². The molecular weight excluding hydrogens is 204 g/mol. The molecule has 16 heavy (non-hydrogen) atoms. The van der Waals surface area contributed by atoms with E-state index in [1.165, 1.54) is 0 Å². The normalized spacial score (nSPS) is 24.6. The van der Waals surface area contributed by atoms with Gasteiger partial charge in [-0.2, -0.15) is 0 Å². The molecule has 1 aliphatic heterocycles. The number of hydrogen-bond acceptors (Lipinski definition) is 3. The summed E-state index contributed by atoms with van der Waals surface area (Å²) in [5.41, 5.74) is 2.17. The summed E-state index contributed by atoms with van der Waals surface area (Å²) in [5.74, 6) is -0.796. The predicted octanol–water partition coefficient (Wildman–Crippen LogP) is 2.12. The molecule has 0 unspecified atom stereocenters. The fourth-order valence-electron chi connectivity index (χ4n) is 2.50.